The summed E-state index contributed by atoms with van der Waals surface area (Å²) in [5.41, 5.74) is 0.850. The number of benzene rings is 1. The highest BCUT2D eigenvalue weighted by Gasteiger charge is 2.07. The quantitative estimate of drug-likeness (QED) is 0.881. The molecule has 94 valence electrons. The Morgan fingerprint density at radius 2 is 2.11 bits per heavy atom. The Balaban J connectivity index is 2.08. The average molecular weight is 273 g/mol. The first kappa shape index (κ1) is 12.9. The second-order valence-corrected chi connectivity index (χ2v) is 4.04. The van der Waals surface area contributed by atoms with Crippen molar-refractivity contribution in [1.82, 2.24) is 4.98 Å². The van der Waals surface area contributed by atoms with Gasteiger partial charge in [-0.2, -0.15) is 5.26 Å². The Hall–Kier alpha value is -2.58. The first-order valence-corrected chi connectivity index (χ1v) is 5.75. The van der Waals surface area contributed by atoms with E-state index in [1.54, 1.807) is 36.4 Å². The van der Waals surface area contributed by atoms with Crippen molar-refractivity contribution in [3.8, 4) is 6.07 Å². The number of carbonyl (C=O) groups excluding carboxylic acids is 1. The lowest BCUT2D eigenvalue weighted by molar-refractivity contribution is 0.262. The van der Waals surface area contributed by atoms with Gasteiger partial charge in [0.2, 0.25) is 0 Å². The van der Waals surface area contributed by atoms with Gasteiger partial charge < -0.3 is 5.32 Å². The summed E-state index contributed by atoms with van der Waals surface area (Å²) in [5.74, 6) is 0.213. The zero-order valence-corrected chi connectivity index (χ0v) is 10.5. The SMILES string of the molecule is N#Cc1cccnc1NC(=O)Nc1cccc(Cl)c1. The van der Waals surface area contributed by atoms with E-state index in [0.717, 1.165) is 0 Å². The molecule has 5 nitrogen and oxygen atoms in total. The minimum absolute atomic E-state index is 0.213. The first-order chi connectivity index (χ1) is 9.19. The van der Waals surface area contributed by atoms with Crippen molar-refractivity contribution in [2.75, 3.05) is 10.6 Å². The lowest BCUT2D eigenvalue weighted by atomic mass is 10.3. The van der Waals surface area contributed by atoms with Gasteiger partial charge in [-0.25, -0.2) is 9.78 Å². The molecule has 0 atom stereocenters. The number of carbonyl (C=O) groups is 1. The highest BCUT2D eigenvalue weighted by molar-refractivity contribution is 6.30. The van der Waals surface area contributed by atoms with Crippen LogP contribution in [0.4, 0.5) is 16.3 Å². The van der Waals surface area contributed by atoms with Crippen molar-refractivity contribution in [2.45, 2.75) is 0 Å². The molecule has 1 aromatic carbocycles. The summed E-state index contributed by atoms with van der Waals surface area (Å²) >= 11 is 5.81. The number of hydrogen-bond donors (Lipinski definition) is 2. The number of rotatable bonds is 2. The molecule has 0 aliphatic heterocycles. The summed E-state index contributed by atoms with van der Waals surface area (Å²) in [6.07, 6.45) is 1.50. The molecular formula is C13H9ClN4O. The summed E-state index contributed by atoms with van der Waals surface area (Å²) in [6.45, 7) is 0. The van der Waals surface area contributed by atoms with Crippen LogP contribution in [0.15, 0.2) is 42.6 Å². The van der Waals surface area contributed by atoms with Crippen LogP contribution in [0, 0.1) is 11.3 Å². The summed E-state index contributed by atoms with van der Waals surface area (Å²) < 4.78 is 0. The molecule has 1 aromatic heterocycles. The number of nitriles is 1. The molecule has 2 N–H and O–H groups in total. The second kappa shape index (κ2) is 5.85. The first-order valence-electron chi connectivity index (χ1n) is 5.38. The van der Waals surface area contributed by atoms with E-state index >= 15 is 0 Å². The van der Waals surface area contributed by atoms with E-state index in [2.05, 4.69) is 15.6 Å². The van der Waals surface area contributed by atoms with Crippen LogP contribution in [0.1, 0.15) is 5.56 Å². The van der Waals surface area contributed by atoms with Gasteiger partial charge in [-0.1, -0.05) is 17.7 Å². The Morgan fingerprint density at radius 1 is 1.26 bits per heavy atom. The number of pyridine rings is 1. The normalized spacial score (nSPS) is 9.47. The lowest BCUT2D eigenvalue weighted by Gasteiger charge is -2.07. The minimum Gasteiger partial charge on any atom is -0.308 e. The Bertz CT molecular complexity index is 651. The number of nitrogens with one attached hydrogen (secondary N) is 2. The van der Waals surface area contributed by atoms with Crippen LogP contribution >= 0.6 is 11.6 Å². The van der Waals surface area contributed by atoms with Crippen molar-refractivity contribution in [3.05, 3.63) is 53.2 Å². The molecule has 2 amide bonds. The van der Waals surface area contributed by atoms with Gasteiger partial charge in [0.1, 0.15) is 6.07 Å². The van der Waals surface area contributed by atoms with Gasteiger partial charge in [0.05, 0.1) is 5.56 Å². The molecule has 0 bridgehead atoms. The lowest BCUT2D eigenvalue weighted by Crippen LogP contribution is -2.20. The van der Waals surface area contributed by atoms with Crippen LogP contribution in [0.5, 0.6) is 0 Å². The maximum absolute atomic E-state index is 11.7. The van der Waals surface area contributed by atoms with Gasteiger partial charge in [0, 0.05) is 16.9 Å². The maximum Gasteiger partial charge on any atom is 0.324 e. The standard InChI is InChI=1S/C13H9ClN4O/c14-10-4-1-5-11(7-10)17-13(19)18-12-9(8-15)3-2-6-16-12/h1-7H,(H2,16,17,18,19). The Kier molecular flexibility index (Phi) is 3.96. The van der Waals surface area contributed by atoms with E-state index in [0.29, 0.717) is 16.3 Å². The van der Waals surface area contributed by atoms with Crippen LogP contribution in [0.25, 0.3) is 0 Å². The Labute approximate surface area is 114 Å². The number of nitrogens with zero attached hydrogens (tertiary/aromatic N) is 2. The van der Waals surface area contributed by atoms with Gasteiger partial charge in [0.25, 0.3) is 0 Å². The van der Waals surface area contributed by atoms with Crippen molar-refractivity contribution in [1.29, 1.82) is 5.26 Å². The molecule has 0 aliphatic carbocycles. The molecule has 0 unspecified atom stereocenters. The number of aromatic nitrogens is 1. The van der Waals surface area contributed by atoms with E-state index in [1.165, 1.54) is 6.20 Å². The summed E-state index contributed by atoms with van der Waals surface area (Å²) in [7, 11) is 0. The third-order valence-electron chi connectivity index (χ3n) is 2.24. The highest BCUT2D eigenvalue weighted by Crippen LogP contribution is 2.15. The third-order valence-corrected chi connectivity index (χ3v) is 2.48. The average Bonchev–Trinajstić information content (AvgIpc) is 2.39. The number of hydrogen-bond acceptors (Lipinski definition) is 3. The van der Waals surface area contributed by atoms with Crippen LogP contribution < -0.4 is 10.6 Å². The maximum atomic E-state index is 11.7. The van der Waals surface area contributed by atoms with E-state index in [-0.39, 0.29) is 5.82 Å². The number of anilines is 2. The fourth-order valence-electron chi connectivity index (χ4n) is 1.43. The number of halogens is 1. The topological polar surface area (TPSA) is 77.8 Å². The van der Waals surface area contributed by atoms with E-state index in [9.17, 15) is 4.79 Å². The molecule has 6 heteroatoms. The van der Waals surface area contributed by atoms with Crippen LogP contribution in [-0.2, 0) is 0 Å². The fraction of sp³-hybridized carbons (Fsp3) is 0. The molecule has 0 saturated heterocycles. The van der Waals surface area contributed by atoms with E-state index < -0.39 is 6.03 Å². The molecule has 0 aliphatic rings. The van der Waals surface area contributed by atoms with Crippen molar-refractivity contribution < 1.29 is 4.79 Å². The largest absolute Gasteiger partial charge is 0.324 e. The molecule has 2 rings (SSSR count). The van der Waals surface area contributed by atoms with Gasteiger partial charge in [-0.05, 0) is 30.3 Å². The van der Waals surface area contributed by atoms with E-state index in [4.69, 9.17) is 16.9 Å². The molecule has 0 spiro atoms. The van der Waals surface area contributed by atoms with Gasteiger partial charge in [-0.15, -0.1) is 0 Å². The summed E-state index contributed by atoms with van der Waals surface area (Å²) in [6, 6.07) is 11.4. The summed E-state index contributed by atoms with van der Waals surface area (Å²) in [5, 5.41) is 14.5. The smallest absolute Gasteiger partial charge is 0.308 e. The zero-order chi connectivity index (χ0) is 13.7. The van der Waals surface area contributed by atoms with Crippen molar-refractivity contribution >= 4 is 29.1 Å². The van der Waals surface area contributed by atoms with Crippen LogP contribution in [0.2, 0.25) is 5.02 Å². The van der Waals surface area contributed by atoms with E-state index in [1.807, 2.05) is 6.07 Å². The van der Waals surface area contributed by atoms with Crippen LogP contribution in [-0.4, -0.2) is 11.0 Å². The molecule has 1 heterocycles. The van der Waals surface area contributed by atoms with Gasteiger partial charge in [0.15, 0.2) is 5.82 Å². The third kappa shape index (κ3) is 3.44. The molecule has 0 radical (unpaired) electrons. The van der Waals surface area contributed by atoms with Gasteiger partial charge >= 0.3 is 6.03 Å². The molecule has 19 heavy (non-hydrogen) atoms. The van der Waals surface area contributed by atoms with Crippen molar-refractivity contribution in [3.63, 3.8) is 0 Å². The molecule has 2 aromatic rings. The predicted octanol–water partition coefficient (Wildman–Crippen LogP) is 3.25. The second-order valence-electron chi connectivity index (χ2n) is 3.60. The number of urea groups is 1. The predicted molar refractivity (Wildman–Crippen MR) is 73.0 cm³/mol. The highest BCUT2D eigenvalue weighted by atomic mass is 35.5. The van der Waals surface area contributed by atoms with Crippen LogP contribution in [0.3, 0.4) is 0 Å². The summed E-state index contributed by atoms with van der Waals surface area (Å²) in [4.78, 5) is 15.7. The Morgan fingerprint density at radius 3 is 2.84 bits per heavy atom. The molecular weight excluding hydrogens is 264 g/mol. The molecule has 0 saturated carbocycles. The molecule has 0 fully saturated rings. The monoisotopic (exact) mass is 272 g/mol. The minimum atomic E-state index is -0.488. The van der Waals surface area contributed by atoms with Crippen molar-refractivity contribution in [2.24, 2.45) is 0 Å². The zero-order valence-electron chi connectivity index (χ0n) is 9.72. The fourth-order valence-corrected chi connectivity index (χ4v) is 1.62. The van der Waals surface area contributed by atoms with Gasteiger partial charge in [-0.3, -0.25) is 5.32 Å². The number of amides is 2.